The summed E-state index contributed by atoms with van der Waals surface area (Å²) in [4.78, 5) is 20.1. The number of nitrogens with two attached hydrogens (primary N) is 1. The molecule has 98 valence electrons. The summed E-state index contributed by atoms with van der Waals surface area (Å²) in [6.07, 6.45) is 1.67. The zero-order chi connectivity index (χ0) is 13.7. The van der Waals surface area contributed by atoms with Gasteiger partial charge in [-0.3, -0.25) is 4.79 Å². The molecule has 0 bridgehead atoms. The number of aryl methyl sites for hydroxylation is 1. The molecule has 0 aliphatic heterocycles. The second-order valence-electron chi connectivity index (χ2n) is 4.20. The van der Waals surface area contributed by atoms with E-state index in [4.69, 9.17) is 5.73 Å². The molecule has 1 unspecified atom stereocenters. The molecule has 3 N–H and O–H groups in total. The van der Waals surface area contributed by atoms with E-state index in [0.29, 0.717) is 12.4 Å². The Morgan fingerprint density at radius 2 is 2.05 bits per heavy atom. The van der Waals surface area contributed by atoms with Gasteiger partial charge < -0.3 is 11.1 Å². The SMILES string of the molecule is Cc1nccc(CNC(=O)C(N)c2ccccc2)n1. The molecule has 0 saturated heterocycles. The quantitative estimate of drug-likeness (QED) is 0.858. The van der Waals surface area contributed by atoms with E-state index in [0.717, 1.165) is 11.3 Å². The number of hydrogen-bond donors (Lipinski definition) is 2. The van der Waals surface area contributed by atoms with Gasteiger partial charge >= 0.3 is 0 Å². The minimum absolute atomic E-state index is 0.220. The van der Waals surface area contributed by atoms with Crippen LogP contribution in [0.2, 0.25) is 0 Å². The number of aromatic nitrogens is 2. The van der Waals surface area contributed by atoms with Crippen LogP contribution in [0.25, 0.3) is 0 Å². The monoisotopic (exact) mass is 256 g/mol. The molecular formula is C14H16N4O. The Kier molecular flexibility index (Phi) is 4.20. The summed E-state index contributed by atoms with van der Waals surface area (Å²) in [5.74, 6) is 0.460. The lowest BCUT2D eigenvalue weighted by atomic mass is 10.1. The number of rotatable bonds is 4. The summed E-state index contributed by atoms with van der Waals surface area (Å²) >= 11 is 0. The molecule has 2 rings (SSSR count). The standard InChI is InChI=1S/C14H16N4O/c1-10-16-8-7-12(18-10)9-17-14(19)13(15)11-5-3-2-4-6-11/h2-8,13H,9,15H2,1H3,(H,17,19). The van der Waals surface area contributed by atoms with Crippen LogP contribution in [-0.2, 0) is 11.3 Å². The van der Waals surface area contributed by atoms with Crippen molar-refractivity contribution in [2.45, 2.75) is 19.5 Å². The van der Waals surface area contributed by atoms with Crippen LogP contribution in [-0.4, -0.2) is 15.9 Å². The summed E-state index contributed by atoms with van der Waals surface area (Å²) in [5.41, 5.74) is 7.44. The van der Waals surface area contributed by atoms with Gasteiger partial charge in [-0.2, -0.15) is 0 Å². The molecule has 1 aromatic heterocycles. The predicted octanol–water partition coefficient (Wildman–Crippen LogP) is 1.10. The minimum Gasteiger partial charge on any atom is -0.349 e. The Balaban J connectivity index is 1.95. The van der Waals surface area contributed by atoms with Crippen molar-refractivity contribution >= 4 is 5.91 Å². The average Bonchev–Trinajstić information content (AvgIpc) is 2.45. The van der Waals surface area contributed by atoms with E-state index >= 15 is 0 Å². The van der Waals surface area contributed by atoms with E-state index in [2.05, 4.69) is 15.3 Å². The number of benzene rings is 1. The van der Waals surface area contributed by atoms with Crippen molar-refractivity contribution < 1.29 is 4.79 Å². The van der Waals surface area contributed by atoms with Gasteiger partial charge in [0.2, 0.25) is 5.91 Å². The molecular weight excluding hydrogens is 240 g/mol. The number of carbonyl (C=O) groups is 1. The van der Waals surface area contributed by atoms with Crippen LogP contribution in [0.3, 0.4) is 0 Å². The number of amides is 1. The van der Waals surface area contributed by atoms with Gasteiger partial charge in [0.25, 0.3) is 0 Å². The van der Waals surface area contributed by atoms with Crippen LogP contribution in [0.5, 0.6) is 0 Å². The van der Waals surface area contributed by atoms with E-state index in [-0.39, 0.29) is 5.91 Å². The summed E-state index contributed by atoms with van der Waals surface area (Å²) in [7, 11) is 0. The Morgan fingerprint density at radius 1 is 1.32 bits per heavy atom. The van der Waals surface area contributed by atoms with E-state index in [1.54, 1.807) is 19.2 Å². The Morgan fingerprint density at radius 3 is 2.74 bits per heavy atom. The highest BCUT2D eigenvalue weighted by Crippen LogP contribution is 2.09. The first-order valence-electron chi connectivity index (χ1n) is 6.03. The third-order valence-corrected chi connectivity index (χ3v) is 2.72. The molecule has 0 radical (unpaired) electrons. The van der Waals surface area contributed by atoms with Gasteiger partial charge in [0.05, 0.1) is 12.2 Å². The summed E-state index contributed by atoms with van der Waals surface area (Å²) in [6.45, 7) is 2.16. The molecule has 19 heavy (non-hydrogen) atoms. The Hall–Kier alpha value is -2.27. The van der Waals surface area contributed by atoms with Crippen molar-refractivity contribution in [2.75, 3.05) is 0 Å². The van der Waals surface area contributed by atoms with Crippen LogP contribution in [0.15, 0.2) is 42.6 Å². The second-order valence-corrected chi connectivity index (χ2v) is 4.20. The van der Waals surface area contributed by atoms with Crippen molar-refractivity contribution in [3.8, 4) is 0 Å². The molecule has 5 heteroatoms. The number of hydrogen-bond acceptors (Lipinski definition) is 4. The first-order chi connectivity index (χ1) is 9.16. The molecule has 0 aliphatic carbocycles. The Bertz CT molecular complexity index is 556. The second kappa shape index (κ2) is 6.06. The van der Waals surface area contributed by atoms with Crippen molar-refractivity contribution in [2.24, 2.45) is 5.73 Å². The average molecular weight is 256 g/mol. The van der Waals surface area contributed by atoms with Crippen molar-refractivity contribution in [3.05, 3.63) is 59.7 Å². The normalized spacial score (nSPS) is 11.9. The van der Waals surface area contributed by atoms with Crippen molar-refractivity contribution in [1.82, 2.24) is 15.3 Å². The first-order valence-corrected chi connectivity index (χ1v) is 6.03. The fourth-order valence-electron chi connectivity index (χ4n) is 1.70. The molecule has 0 saturated carbocycles. The van der Waals surface area contributed by atoms with Gasteiger partial charge in [0.1, 0.15) is 11.9 Å². The molecule has 0 spiro atoms. The zero-order valence-corrected chi connectivity index (χ0v) is 10.7. The van der Waals surface area contributed by atoms with E-state index in [1.807, 2.05) is 30.3 Å². The summed E-state index contributed by atoms with van der Waals surface area (Å²) < 4.78 is 0. The van der Waals surface area contributed by atoms with Crippen LogP contribution >= 0.6 is 0 Å². The largest absolute Gasteiger partial charge is 0.349 e. The third-order valence-electron chi connectivity index (χ3n) is 2.72. The minimum atomic E-state index is -0.663. The van der Waals surface area contributed by atoms with Crippen molar-refractivity contribution in [3.63, 3.8) is 0 Å². The summed E-state index contributed by atoms with van der Waals surface area (Å²) in [5, 5.41) is 2.77. The van der Waals surface area contributed by atoms with E-state index in [1.165, 1.54) is 0 Å². The maximum absolute atomic E-state index is 11.9. The highest BCUT2D eigenvalue weighted by molar-refractivity contribution is 5.82. The van der Waals surface area contributed by atoms with Crippen LogP contribution in [0.1, 0.15) is 23.1 Å². The highest BCUT2D eigenvalue weighted by Gasteiger charge is 2.14. The number of carbonyl (C=O) groups excluding carboxylic acids is 1. The topological polar surface area (TPSA) is 80.9 Å². The van der Waals surface area contributed by atoms with Gasteiger partial charge in [0.15, 0.2) is 0 Å². The van der Waals surface area contributed by atoms with Crippen LogP contribution in [0.4, 0.5) is 0 Å². The molecule has 0 aliphatic rings. The third kappa shape index (κ3) is 3.59. The maximum atomic E-state index is 11.9. The number of nitrogens with one attached hydrogen (secondary N) is 1. The molecule has 0 fully saturated rings. The highest BCUT2D eigenvalue weighted by atomic mass is 16.2. The maximum Gasteiger partial charge on any atom is 0.241 e. The van der Waals surface area contributed by atoms with Crippen molar-refractivity contribution in [1.29, 1.82) is 0 Å². The lowest BCUT2D eigenvalue weighted by Crippen LogP contribution is -2.33. The fourth-order valence-corrected chi connectivity index (χ4v) is 1.70. The summed E-state index contributed by atoms with van der Waals surface area (Å²) in [6, 6.07) is 10.4. The fraction of sp³-hybridized carbons (Fsp3) is 0.214. The van der Waals surface area contributed by atoms with Crippen LogP contribution < -0.4 is 11.1 Å². The molecule has 5 nitrogen and oxygen atoms in total. The first kappa shape index (κ1) is 13.2. The Labute approximate surface area is 111 Å². The van der Waals surface area contributed by atoms with Gasteiger partial charge in [-0.05, 0) is 18.6 Å². The van der Waals surface area contributed by atoms with E-state index in [9.17, 15) is 4.79 Å². The molecule has 2 aromatic rings. The lowest BCUT2D eigenvalue weighted by Gasteiger charge is -2.12. The predicted molar refractivity (Wildman–Crippen MR) is 72.0 cm³/mol. The molecule has 1 atom stereocenters. The van der Waals surface area contributed by atoms with Crippen LogP contribution in [0, 0.1) is 6.92 Å². The molecule has 1 amide bonds. The molecule has 1 heterocycles. The van der Waals surface area contributed by atoms with Gasteiger partial charge in [-0.1, -0.05) is 30.3 Å². The smallest absolute Gasteiger partial charge is 0.241 e. The van der Waals surface area contributed by atoms with Gasteiger partial charge in [-0.15, -0.1) is 0 Å². The van der Waals surface area contributed by atoms with E-state index < -0.39 is 6.04 Å². The molecule has 1 aromatic carbocycles. The van der Waals surface area contributed by atoms with Gasteiger partial charge in [0, 0.05) is 6.20 Å². The number of nitrogens with zero attached hydrogens (tertiary/aromatic N) is 2. The zero-order valence-electron chi connectivity index (χ0n) is 10.7. The van der Waals surface area contributed by atoms with Gasteiger partial charge in [-0.25, -0.2) is 9.97 Å². The lowest BCUT2D eigenvalue weighted by molar-refractivity contribution is -0.122.